The van der Waals surface area contributed by atoms with Crippen LogP contribution in [-0.4, -0.2) is 25.8 Å². The Balaban J connectivity index is 1.49. The molecule has 0 spiro atoms. The van der Waals surface area contributed by atoms with Crippen molar-refractivity contribution in [1.82, 2.24) is 19.9 Å². The van der Waals surface area contributed by atoms with Crippen LogP contribution in [0.3, 0.4) is 0 Å². The number of carbonyl (C=O) groups is 1. The van der Waals surface area contributed by atoms with Crippen molar-refractivity contribution in [2.45, 2.75) is 20.1 Å². The molecule has 10 heteroatoms. The largest absolute Gasteiger partial charge is 0.485 e. The lowest BCUT2D eigenvalue weighted by Gasteiger charge is -2.12. The molecule has 0 atom stereocenters. The molecule has 2 aromatic heterocycles. The highest BCUT2D eigenvalue weighted by Gasteiger charge is 2.16. The second-order valence-corrected chi connectivity index (χ2v) is 7.42. The summed E-state index contributed by atoms with van der Waals surface area (Å²) in [4.78, 5) is 17.0. The predicted molar refractivity (Wildman–Crippen MR) is 116 cm³/mol. The van der Waals surface area contributed by atoms with Crippen LogP contribution in [0.4, 0.5) is 5.82 Å². The topological polar surface area (TPSA) is 95.1 Å². The van der Waals surface area contributed by atoms with E-state index in [9.17, 15) is 4.79 Å². The number of aryl methyl sites for hydroxylation is 1. The Kier molecular flexibility index (Phi) is 6.20. The number of rotatable bonds is 7. The number of nitrogens with zero attached hydrogens (tertiary/aromatic N) is 4. The molecule has 31 heavy (non-hydrogen) atoms. The lowest BCUT2D eigenvalue weighted by Crippen LogP contribution is -2.17. The highest BCUT2D eigenvalue weighted by molar-refractivity contribution is 6.35. The molecule has 8 nitrogen and oxygen atoms in total. The number of carbonyl (C=O) groups excluding carboxylic acids is 1. The van der Waals surface area contributed by atoms with Crippen LogP contribution < -0.4 is 10.1 Å². The Morgan fingerprint density at radius 2 is 2.03 bits per heavy atom. The van der Waals surface area contributed by atoms with Crippen LogP contribution in [0.15, 0.2) is 59.3 Å². The molecule has 0 saturated heterocycles. The van der Waals surface area contributed by atoms with Crippen molar-refractivity contribution in [3.05, 3.63) is 87.6 Å². The van der Waals surface area contributed by atoms with Gasteiger partial charge in [0, 0.05) is 23.0 Å². The summed E-state index contributed by atoms with van der Waals surface area (Å²) in [5.74, 6) is 1.40. The van der Waals surface area contributed by atoms with Gasteiger partial charge in [-0.05, 0) is 29.8 Å². The highest BCUT2D eigenvalue weighted by atomic mass is 35.5. The Morgan fingerprint density at radius 1 is 1.19 bits per heavy atom. The van der Waals surface area contributed by atoms with Crippen LogP contribution in [-0.2, 0) is 13.2 Å². The van der Waals surface area contributed by atoms with Crippen molar-refractivity contribution in [1.29, 1.82) is 0 Å². The lowest BCUT2D eigenvalue weighted by atomic mass is 10.2. The molecule has 2 aromatic carbocycles. The number of halogens is 2. The second kappa shape index (κ2) is 9.20. The van der Waals surface area contributed by atoms with Gasteiger partial charge in [-0.25, -0.2) is 4.68 Å². The average Bonchev–Trinajstić information content (AvgIpc) is 3.37. The molecule has 1 N–H and O–H groups in total. The molecule has 0 unspecified atom stereocenters. The highest BCUT2D eigenvalue weighted by Crippen LogP contribution is 2.24. The molecule has 0 radical (unpaired) electrons. The third-order valence-corrected chi connectivity index (χ3v) is 4.94. The van der Waals surface area contributed by atoms with Crippen molar-refractivity contribution < 1.29 is 14.1 Å². The van der Waals surface area contributed by atoms with E-state index in [1.807, 2.05) is 6.07 Å². The van der Waals surface area contributed by atoms with Crippen molar-refractivity contribution in [3.8, 4) is 5.75 Å². The number of aromatic nitrogens is 4. The summed E-state index contributed by atoms with van der Waals surface area (Å²) in [6, 6.07) is 13.8. The first-order chi connectivity index (χ1) is 15.0. The average molecular weight is 458 g/mol. The maximum absolute atomic E-state index is 12.9. The van der Waals surface area contributed by atoms with E-state index in [4.69, 9.17) is 32.5 Å². The van der Waals surface area contributed by atoms with Gasteiger partial charge in [0.15, 0.2) is 6.61 Å². The standard InChI is InChI=1S/C21H17Cl2N5O3/c1-13-25-19(27-31-13)12-30-18-5-3-2-4-16(18)21(29)26-20-8-9-24-28(20)11-14-6-7-15(22)10-17(14)23/h2-10H,11-12H2,1H3,(H,26,29). The first-order valence-electron chi connectivity index (χ1n) is 9.27. The fourth-order valence-electron chi connectivity index (χ4n) is 2.88. The maximum atomic E-state index is 12.9. The molecule has 0 aliphatic carbocycles. The van der Waals surface area contributed by atoms with E-state index in [0.717, 1.165) is 5.56 Å². The summed E-state index contributed by atoms with van der Waals surface area (Å²) in [5.41, 5.74) is 1.18. The first-order valence-corrected chi connectivity index (χ1v) is 10.0. The molecule has 0 aliphatic heterocycles. The number of nitrogens with one attached hydrogen (secondary N) is 1. The van der Waals surface area contributed by atoms with Crippen LogP contribution >= 0.6 is 23.2 Å². The lowest BCUT2D eigenvalue weighted by molar-refractivity contribution is 0.102. The number of amides is 1. The van der Waals surface area contributed by atoms with E-state index in [1.165, 1.54) is 0 Å². The Bertz CT molecular complexity index is 1220. The minimum atomic E-state index is -0.344. The minimum absolute atomic E-state index is 0.0780. The Hall–Kier alpha value is -3.36. The molecular weight excluding hydrogens is 441 g/mol. The van der Waals surface area contributed by atoms with Crippen molar-refractivity contribution >= 4 is 34.9 Å². The third kappa shape index (κ3) is 5.04. The van der Waals surface area contributed by atoms with Gasteiger partial charge in [0.2, 0.25) is 11.7 Å². The molecule has 0 bridgehead atoms. The Labute approximate surface area is 187 Å². The van der Waals surface area contributed by atoms with Crippen LogP contribution in [0, 0.1) is 6.92 Å². The monoisotopic (exact) mass is 457 g/mol. The zero-order valence-corrected chi connectivity index (χ0v) is 17.9. The zero-order chi connectivity index (χ0) is 21.8. The van der Waals surface area contributed by atoms with E-state index >= 15 is 0 Å². The van der Waals surface area contributed by atoms with Crippen LogP contribution in [0.2, 0.25) is 10.0 Å². The van der Waals surface area contributed by atoms with Gasteiger partial charge in [-0.1, -0.05) is 46.6 Å². The fraction of sp³-hybridized carbons (Fsp3) is 0.143. The van der Waals surface area contributed by atoms with Gasteiger partial charge in [-0.3, -0.25) is 4.79 Å². The summed E-state index contributed by atoms with van der Waals surface area (Å²) < 4.78 is 12.3. The smallest absolute Gasteiger partial charge is 0.260 e. The number of anilines is 1. The summed E-state index contributed by atoms with van der Waals surface area (Å²) in [5, 5.41) is 12.0. The van der Waals surface area contributed by atoms with Gasteiger partial charge in [0.05, 0.1) is 18.3 Å². The number of benzene rings is 2. The fourth-order valence-corrected chi connectivity index (χ4v) is 3.35. The van der Waals surface area contributed by atoms with Crippen molar-refractivity contribution in [2.75, 3.05) is 5.32 Å². The molecule has 4 aromatic rings. The van der Waals surface area contributed by atoms with E-state index in [1.54, 1.807) is 60.3 Å². The van der Waals surface area contributed by atoms with Crippen LogP contribution in [0.1, 0.15) is 27.6 Å². The number of hydrogen-bond acceptors (Lipinski definition) is 6. The first kappa shape index (κ1) is 20.9. The van der Waals surface area contributed by atoms with Gasteiger partial charge >= 0.3 is 0 Å². The quantitative estimate of drug-likeness (QED) is 0.429. The molecule has 158 valence electrons. The maximum Gasteiger partial charge on any atom is 0.260 e. The molecule has 0 aliphatic rings. The van der Waals surface area contributed by atoms with Gasteiger partial charge < -0.3 is 14.6 Å². The van der Waals surface area contributed by atoms with Gasteiger partial charge in [-0.15, -0.1) is 0 Å². The van der Waals surface area contributed by atoms with E-state index in [0.29, 0.717) is 45.4 Å². The Morgan fingerprint density at radius 3 is 2.81 bits per heavy atom. The molecule has 4 rings (SSSR count). The summed E-state index contributed by atoms with van der Waals surface area (Å²) in [6.45, 7) is 2.14. The zero-order valence-electron chi connectivity index (χ0n) is 16.4. The third-order valence-electron chi connectivity index (χ3n) is 4.35. The van der Waals surface area contributed by atoms with E-state index in [-0.39, 0.29) is 12.5 Å². The number of hydrogen-bond donors (Lipinski definition) is 1. The summed E-state index contributed by atoms with van der Waals surface area (Å²) in [7, 11) is 0. The molecule has 2 heterocycles. The van der Waals surface area contributed by atoms with E-state index < -0.39 is 0 Å². The van der Waals surface area contributed by atoms with Crippen LogP contribution in [0.25, 0.3) is 0 Å². The SMILES string of the molecule is Cc1nc(COc2ccccc2C(=O)Nc2ccnn2Cc2ccc(Cl)cc2Cl)no1. The normalized spacial score (nSPS) is 10.8. The van der Waals surface area contributed by atoms with Gasteiger partial charge in [-0.2, -0.15) is 10.1 Å². The van der Waals surface area contributed by atoms with Crippen molar-refractivity contribution in [3.63, 3.8) is 0 Å². The molecule has 1 amide bonds. The molecule has 0 saturated carbocycles. The molecular formula is C21H17Cl2N5O3. The van der Waals surface area contributed by atoms with E-state index in [2.05, 4.69) is 20.6 Å². The minimum Gasteiger partial charge on any atom is -0.485 e. The second-order valence-electron chi connectivity index (χ2n) is 6.58. The molecule has 0 fully saturated rings. The number of para-hydroxylation sites is 1. The predicted octanol–water partition coefficient (Wildman–Crippen LogP) is 4.76. The summed E-state index contributed by atoms with van der Waals surface area (Å²) >= 11 is 12.2. The van der Waals surface area contributed by atoms with Gasteiger partial charge in [0.1, 0.15) is 11.6 Å². The number of ether oxygens (including phenoxy) is 1. The van der Waals surface area contributed by atoms with Gasteiger partial charge in [0.25, 0.3) is 5.91 Å². The van der Waals surface area contributed by atoms with Crippen LogP contribution in [0.5, 0.6) is 5.75 Å². The summed E-state index contributed by atoms with van der Waals surface area (Å²) in [6.07, 6.45) is 1.60. The van der Waals surface area contributed by atoms with Crippen molar-refractivity contribution in [2.24, 2.45) is 0 Å².